The first-order valence-electron chi connectivity index (χ1n) is 7.12. The number of halogens is 1. The van der Waals surface area contributed by atoms with E-state index in [1.807, 2.05) is 6.92 Å². The average molecular weight is 318 g/mol. The lowest BCUT2D eigenvalue weighted by molar-refractivity contribution is 0.0997. The fraction of sp³-hybridized carbons (Fsp3) is 0.250. The summed E-state index contributed by atoms with van der Waals surface area (Å²) in [5, 5.41) is 8.48. The molecule has 114 valence electrons. The molecule has 0 saturated heterocycles. The molecule has 1 aromatic carbocycles. The van der Waals surface area contributed by atoms with Crippen LogP contribution < -0.4 is 5.32 Å². The Morgan fingerprint density at radius 2 is 2.23 bits per heavy atom. The van der Waals surface area contributed by atoms with Gasteiger partial charge in [0.1, 0.15) is 11.4 Å². The average Bonchev–Trinajstić information content (AvgIpc) is 3.12. The second-order valence-corrected chi connectivity index (χ2v) is 5.60. The van der Waals surface area contributed by atoms with Crippen molar-refractivity contribution in [3.63, 3.8) is 0 Å². The molecule has 0 fully saturated rings. The summed E-state index contributed by atoms with van der Waals surface area (Å²) in [6.07, 6.45) is 2.59. The zero-order valence-electron chi connectivity index (χ0n) is 12.3. The molecule has 22 heavy (non-hydrogen) atoms. The van der Waals surface area contributed by atoms with Gasteiger partial charge < -0.3 is 9.73 Å². The molecule has 0 aliphatic rings. The fourth-order valence-electron chi connectivity index (χ4n) is 2.24. The molecule has 0 aliphatic heterocycles. The molecule has 2 aromatic heterocycles. The van der Waals surface area contributed by atoms with Crippen LogP contribution in [-0.2, 0) is 0 Å². The molecule has 5 nitrogen and oxygen atoms in total. The highest BCUT2D eigenvalue weighted by Crippen LogP contribution is 2.24. The monoisotopic (exact) mass is 317 g/mol. The molecular weight excluding hydrogens is 302 g/mol. The van der Waals surface area contributed by atoms with Crippen LogP contribution in [0.3, 0.4) is 0 Å². The van der Waals surface area contributed by atoms with E-state index in [0.717, 1.165) is 11.8 Å². The van der Waals surface area contributed by atoms with E-state index in [2.05, 4.69) is 17.3 Å². The van der Waals surface area contributed by atoms with Crippen LogP contribution in [0.1, 0.15) is 36.9 Å². The van der Waals surface area contributed by atoms with Crippen LogP contribution >= 0.6 is 11.6 Å². The third-order valence-electron chi connectivity index (χ3n) is 3.62. The number of nitrogens with zero attached hydrogens (tertiary/aromatic N) is 2. The van der Waals surface area contributed by atoms with Gasteiger partial charge in [0.15, 0.2) is 5.76 Å². The number of benzene rings is 1. The Labute approximate surface area is 132 Å². The Bertz CT molecular complexity index is 822. The van der Waals surface area contributed by atoms with E-state index in [0.29, 0.717) is 16.4 Å². The molecule has 3 rings (SSSR count). The summed E-state index contributed by atoms with van der Waals surface area (Å²) >= 11 is 5.94. The van der Waals surface area contributed by atoms with Crippen LogP contribution in [0.2, 0.25) is 5.02 Å². The highest BCUT2D eigenvalue weighted by Gasteiger charge is 2.16. The van der Waals surface area contributed by atoms with Crippen molar-refractivity contribution in [2.24, 2.45) is 0 Å². The summed E-state index contributed by atoms with van der Waals surface area (Å²) in [4.78, 5) is 12.4. The number of carbonyl (C=O) groups excluding carboxylic acids is 1. The minimum Gasteiger partial charge on any atom is -0.451 e. The number of hydrogen-bond acceptors (Lipinski definition) is 3. The molecule has 2 heterocycles. The number of fused-ring (bicyclic) bond motifs is 1. The number of hydrogen-bond donors (Lipinski definition) is 1. The number of carbonyl (C=O) groups is 1. The van der Waals surface area contributed by atoms with E-state index in [4.69, 9.17) is 16.0 Å². The molecule has 0 bridgehead atoms. The van der Waals surface area contributed by atoms with Crippen molar-refractivity contribution in [2.45, 2.75) is 26.3 Å². The van der Waals surface area contributed by atoms with Gasteiger partial charge in [-0.25, -0.2) is 4.68 Å². The molecular formula is C16H16ClN3O2. The van der Waals surface area contributed by atoms with Crippen molar-refractivity contribution in [1.29, 1.82) is 0 Å². The van der Waals surface area contributed by atoms with Crippen molar-refractivity contribution < 1.29 is 9.21 Å². The lowest BCUT2D eigenvalue weighted by atomic mass is 10.2. The summed E-state index contributed by atoms with van der Waals surface area (Å²) in [5.41, 5.74) is 0.630. The van der Waals surface area contributed by atoms with E-state index in [9.17, 15) is 4.79 Å². The maximum atomic E-state index is 12.4. The Hall–Kier alpha value is -2.27. The van der Waals surface area contributed by atoms with E-state index < -0.39 is 0 Å². The van der Waals surface area contributed by atoms with Crippen molar-refractivity contribution >= 4 is 34.3 Å². The summed E-state index contributed by atoms with van der Waals surface area (Å²) < 4.78 is 7.35. The number of furan rings is 1. The highest BCUT2D eigenvalue weighted by molar-refractivity contribution is 6.31. The first kappa shape index (κ1) is 14.7. The Morgan fingerprint density at radius 1 is 1.41 bits per heavy atom. The Kier molecular flexibility index (Phi) is 3.90. The maximum Gasteiger partial charge on any atom is 0.292 e. The van der Waals surface area contributed by atoms with Crippen molar-refractivity contribution in [3.8, 4) is 0 Å². The van der Waals surface area contributed by atoms with Gasteiger partial charge in [-0.3, -0.25) is 4.79 Å². The molecule has 6 heteroatoms. The van der Waals surface area contributed by atoms with Crippen LogP contribution in [0.25, 0.3) is 11.0 Å². The highest BCUT2D eigenvalue weighted by atomic mass is 35.5. The summed E-state index contributed by atoms with van der Waals surface area (Å²) in [5.74, 6) is 0.587. The van der Waals surface area contributed by atoms with Gasteiger partial charge in [-0.05, 0) is 37.6 Å². The van der Waals surface area contributed by atoms with Gasteiger partial charge in [0, 0.05) is 16.5 Å². The van der Waals surface area contributed by atoms with Gasteiger partial charge in [0.2, 0.25) is 0 Å². The summed E-state index contributed by atoms with van der Waals surface area (Å²) in [7, 11) is 0. The van der Waals surface area contributed by atoms with Crippen LogP contribution in [0.4, 0.5) is 5.82 Å². The van der Waals surface area contributed by atoms with Crippen molar-refractivity contribution in [3.05, 3.63) is 47.3 Å². The number of nitrogens with one attached hydrogen (secondary N) is 1. The van der Waals surface area contributed by atoms with E-state index >= 15 is 0 Å². The van der Waals surface area contributed by atoms with Crippen LogP contribution in [0.15, 0.2) is 40.9 Å². The van der Waals surface area contributed by atoms with Crippen LogP contribution in [0.5, 0.6) is 0 Å². The molecule has 3 aromatic rings. The van der Waals surface area contributed by atoms with Gasteiger partial charge in [0.05, 0.1) is 12.2 Å². The smallest absolute Gasteiger partial charge is 0.292 e. The number of anilines is 1. The van der Waals surface area contributed by atoms with E-state index in [1.165, 1.54) is 0 Å². The van der Waals surface area contributed by atoms with Crippen molar-refractivity contribution in [2.75, 3.05) is 5.32 Å². The third kappa shape index (κ3) is 2.72. The van der Waals surface area contributed by atoms with E-state index in [1.54, 1.807) is 41.2 Å². The lowest BCUT2D eigenvalue weighted by Gasteiger charge is -2.13. The quantitative estimate of drug-likeness (QED) is 0.770. The third-order valence-corrected chi connectivity index (χ3v) is 3.86. The SMILES string of the molecule is CCC(C)n1nccc1NC(=O)c1cc2cc(Cl)ccc2o1. The van der Waals surface area contributed by atoms with E-state index in [-0.39, 0.29) is 17.7 Å². The largest absolute Gasteiger partial charge is 0.451 e. The van der Waals surface area contributed by atoms with Gasteiger partial charge in [0.25, 0.3) is 5.91 Å². The molecule has 1 N–H and O–H groups in total. The normalized spacial score (nSPS) is 12.5. The fourth-order valence-corrected chi connectivity index (χ4v) is 2.42. The maximum absolute atomic E-state index is 12.4. The minimum absolute atomic E-state index is 0.208. The first-order valence-corrected chi connectivity index (χ1v) is 7.50. The van der Waals surface area contributed by atoms with Gasteiger partial charge >= 0.3 is 0 Å². The predicted molar refractivity (Wildman–Crippen MR) is 86.4 cm³/mol. The molecule has 0 saturated carbocycles. The zero-order valence-corrected chi connectivity index (χ0v) is 13.1. The molecule has 0 aliphatic carbocycles. The molecule has 1 amide bonds. The molecule has 1 atom stereocenters. The molecule has 0 radical (unpaired) electrons. The summed E-state index contributed by atoms with van der Waals surface area (Å²) in [6.45, 7) is 4.12. The van der Waals surface area contributed by atoms with Crippen LogP contribution in [-0.4, -0.2) is 15.7 Å². The predicted octanol–water partition coefficient (Wildman–Crippen LogP) is 4.51. The Balaban J connectivity index is 1.86. The minimum atomic E-state index is -0.308. The van der Waals surface area contributed by atoms with Gasteiger partial charge in [-0.1, -0.05) is 18.5 Å². The zero-order chi connectivity index (χ0) is 15.7. The Morgan fingerprint density at radius 3 is 3.00 bits per heavy atom. The number of amides is 1. The standard InChI is InChI=1S/C16H16ClN3O2/c1-3-10(2)20-15(6-7-18-20)19-16(21)14-9-11-8-12(17)4-5-13(11)22-14/h4-10H,3H2,1-2H3,(H,19,21). The lowest BCUT2D eigenvalue weighted by Crippen LogP contribution is -2.16. The van der Waals surface area contributed by atoms with Crippen LogP contribution in [0, 0.1) is 0 Å². The van der Waals surface area contributed by atoms with Crippen molar-refractivity contribution in [1.82, 2.24) is 9.78 Å². The van der Waals surface area contributed by atoms with Gasteiger partial charge in [-0.15, -0.1) is 0 Å². The topological polar surface area (TPSA) is 60.1 Å². The number of rotatable bonds is 4. The second kappa shape index (κ2) is 5.85. The van der Waals surface area contributed by atoms with Gasteiger partial charge in [-0.2, -0.15) is 5.10 Å². The molecule has 0 spiro atoms. The summed E-state index contributed by atoms with van der Waals surface area (Å²) in [6, 6.07) is 8.90. The molecule has 1 unspecified atom stereocenters. The second-order valence-electron chi connectivity index (χ2n) is 5.17. The number of aromatic nitrogens is 2. The first-order chi connectivity index (χ1) is 10.6.